The first-order valence-electron chi connectivity index (χ1n) is 6.47. The molecule has 0 aliphatic heterocycles. The van der Waals surface area contributed by atoms with E-state index in [2.05, 4.69) is 9.97 Å². The van der Waals surface area contributed by atoms with E-state index in [1.165, 1.54) is 0 Å². The topological polar surface area (TPSA) is 28.7 Å². The molecule has 0 saturated carbocycles. The Bertz CT molecular complexity index is 827. The number of nitrogens with one attached hydrogen (secondary N) is 1. The number of hydrogen-bond acceptors (Lipinski definition) is 1. The Hall–Kier alpha value is -1.19. The Kier molecular flexibility index (Phi) is 4.65. The predicted octanol–water partition coefficient (Wildman–Crippen LogP) is 6.28. The van der Waals surface area contributed by atoms with Crippen molar-refractivity contribution in [2.45, 2.75) is 6.42 Å². The molecule has 3 aromatic rings. The van der Waals surface area contributed by atoms with Gasteiger partial charge in [-0.3, -0.25) is 0 Å². The van der Waals surface area contributed by atoms with Gasteiger partial charge in [-0.2, -0.15) is 0 Å². The van der Waals surface area contributed by atoms with Crippen LogP contribution in [-0.4, -0.2) is 9.97 Å². The largest absolute Gasteiger partial charge is 0.342 e. The molecule has 0 bridgehead atoms. The molecule has 0 atom stereocenters. The van der Waals surface area contributed by atoms with Gasteiger partial charge in [0.1, 0.15) is 5.82 Å². The van der Waals surface area contributed by atoms with E-state index in [1.807, 2.05) is 18.2 Å². The van der Waals surface area contributed by atoms with Crippen molar-refractivity contribution in [3.63, 3.8) is 0 Å². The fraction of sp³-hybridized carbons (Fsp3) is 0.0625. The second-order valence-electron chi connectivity index (χ2n) is 4.76. The average molecular weight is 372 g/mol. The summed E-state index contributed by atoms with van der Waals surface area (Å²) in [6, 6.07) is 11.0. The van der Waals surface area contributed by atoms with Crippen LogP contribution in [0, 0.1) is 0 Å². The van der Waals surface area contributed by atoms with Crippen LogP contribution in [0.4, 0.5) is 0 Å². The monoisotopic (exact) mass is 370 g/mol. The summed E-state index contributed by atoms with van der Waals surface area (Å²) >= 11 is 24.2. The maximum Gasteiger partial charge on any atom is 0.110 e. The minimum atomic E-state index is 0.508. The highest BCUT2D eigenvalue weighted by molar-refractivity contribution is 6.42. The van der Waals surface area contributed by atoms with Crippen molar-refractivity contribution in [3.8, 4) is 11.3 Å². The van der Waals surface area contributed by atoms with Crippen LogP contribution in [0.25, 0.3) is 11.3 Å². The molecule has 0 unspecified atom stereocenters. The second-order valence-corrected chi connectivity index (χ2v) is 6.36. The first-order valence-corrected chi connectivity index (χ1v) is 7.98. The van der Waals surface area contributed by atoms with E-state index in [1.54, 1.807) is 24.4 Å². The zero-order valence-electron chi connectivity index (χ0n) is 11.2. The summed E-state index contributed by atoms with van der Waals surface area (Å²) in [4.78, 5) is 7.63. The number of rotatable bonds is 3. The summed E-state index contributed by atoms with van der Waals surface area (Å²) in [6.07, 6.45) is 2.33. The van der Waals surface area contributed by atoms with Crippen LogP contribution in [0.5, 0.6) is 0 Å². The molecule has 6 heteroatoms. The zero-order valence-corrected chi connectivity index (χ0v) is 14.2. The molecule has 0 spiro atoms. The molecule has 2 nitrogen and oxygen atoms in total. The van der Waals surface area contributed by atoms with Gasteiger partial charge in [-0.1, -0.05) is 64.6 Å². The number of H-pyrrole nitrogens is 1. The van der Waals surface area contributed by atoms with Crippen molar-refractivity contribution in [2.24, 2.45) is 0 Å². The third-order valence-electron chi connectivity index (χ3n) is 3.25. The van der Waals surface area contributed by atoms with Crippen molar-refractivity contribution in [3.05, 3.63) is 74.1 Å². The van der Waals surface area contributed by atoms with Crippen molar-refractivity contribution >= 4 is 46.4 Å². The van der Waals surface area contributed by atoms with Crippen LogP contribution in [-0.2, 0) is 6.42 Å². The Morgan fingerprint density at radius 3 is 2.50 bits per heavy atom. The highest BCUT2D eigenvalue weighted by Crippen LogP contribution is 2.29. The van der Waals surface area contributed by atoms with Crippen LogP contribution in [0.1, 0.15) is 11.4 Å². The smallest absolute Gasteiger partial charge is 0.110 e. The summed E-state index contributed by atoms with van der Waals surface area (Å²) in [7, 11) is 0. The van der Waals surface area contributed by atoms with Gasteiger partial charge in [-0.25, -0.2) is 4.98 Å². The maximum atomic E-state index is 6.20. The number of halogens is 4. The lowest BCUT2D eigenvalue weighted by Gasteiger charge is -2.04. The van der Waals surface area contributed by atoms with Gasteiger partial charge < -0.3 is 4.98 Å². The highest BCUT2D eigenvalue weighted by Gasteiger charge is 2.09. The lowest BCUT2D eigenvalue weighted by molar-refractivity contribution is 1.03. The fourth-order valence-corrected chi connectivity index (χ4v) is 2.81. The minimum absolute atomic E-state index is 0.508. The average Bonchev–Trinajstić information content (AvgIpc) is 2.95. The van der Waals surface area contributed by atoms with Crippen molar-refractivity contribution < 1.29 is 0 Å². The molecular weight excluding hydrogens is 362 g/mol. The molecule has 22 heavy (non-hydrogen) atoms. The quantitative estimate of drug-likeness (QED) is 0.576. The molecule has 0 radical (unpaired) electrons. The van der Waals surface area contributed by atoms with E-state index in [4.69, 9.17) is 46.4 Å². The lowest BCUT2D eigenvalue weighted by Crippen LogP contribution is -1.92. The first-order chi connectivity index (χ1) is 10.5. The zero-order chi connectivity index (χ0) is 15.7. The number of nitrogens with zero attached hydrogens (tertiary/aromatic N) is 1. The Morgan fingerprint density at radius 2 is 1.73 bits per heavy atom. The van der Waals surface area contributed by atoms with Crippen molar-refractivity contribution in [1.29, 1.82) is 0 Å². The van der Waals surface area contributed by atoms with Gasteiger partial charge in [0, 0.05) is 12.0 Å². The number of hydrogen-bond donors (Lipinski definition) is 1. The predicted molar refractivity (Wildman–Crippen MR) is 93.3 cm³/mol. The molecule has 0 aliphatic rings. The van der Waals surface area contributed by atoms with Gasteiger partial charge >= 0.3 is 0 Å². The molecule has 2 aromatic carbocycles. The molecular formula is C16H10Cl4N2. The van der Waals surface area contributed by atoms with Crippen LogP contribution in [0.2, 0.25) is 20.1 Å². The molecule has 1 N–H and O–H groups in total. The van der Waals surface area contributed by atoms with Gasteiger partial charge in [0.15, 0.2) is 0 Å². The van der Waals surface area contributed by atoms with E-state index in [9.17, 15) is 0 Å². The molecule has 0 aliphatic carbocycles. The Morgan fingerprint density at radius 1 is 0.909 bits per heavy atom. The number of benzene rings is 2. The molecule has 0 fully saturated rings. The van der Waals surface area contributed by atoms with Gasteiger partial charge in [-0.05, 0) is 23.8 Å². The normalized spacial score (nSPS) is 10.9. The minimum Gasteiger partial charge on any atom is -0.342 e. The Balaban J connectivity index is 1.87. The third kappa shape index (κ3) is 3.26. The van der Waals surface area contributed by atoms with Crippen molar-refractivity contribution in [1.82, 2.24) is 9.97 Å². The van der Waals surface area contributed by atoms with Crippen LogP contribution >= 0.6 is 46.4 Å². The SMILES string of the molecule is Clc1ccc(-c2cnc(Cc3cccc(Cl)c3Cl)[nH]2)cc1Cl. The first kappa shape index (κ1) is 15.7. The molecule has 0 amide bonds. The molecule has 1 heterocycles. The highest BCUT2D eigenvalue weighted by atomic mass is 35.5. The van der Waals surface area contributed by atoms with E-state index in [-0.39, 0.29) is 0 Å². The third-order valence-corrected chi connectivity index (χ3v) is 4.85. The number of aromatic nitrogens is 2. The standard InChI is InChI=1S/C16H10Cl4N2/c17-11-5-4-9(6-13(11)19)14-8-21-15(22-14)7-10-2-1-3-12(18)16(10)20/h1-6,8H,7H2,(H,21,22). The van der Waals surface area contributed by atoms with E-state index in [0.717, 1.165) is 22.6 Å². The van der Waals surface area contributed by atoms with Crippen molar-refractivity contribution in [2.75, 3.05) is 0 Å². The van der Waals surface area contributed by atoms with Crippen LogP contribution in [0.15, 0.2) is 42.6 Å². The van der Waals surface area contributed by atoms with E-state index < -0.39 is 0 Å². The fourth-order valence-electron chi connectivity index (χ4n) is 2.13. The van der Waals surface area contributed by atoms with E-state index in [0.29, 0.717) is 26.5 Å². The summed E-state index contributed by atoms with van der Waals surface area (Å²) < 4.78 is 0. The maximum absolute atomic E-state index is 6.20. The van der Waals surface area contributed by atoms with Gasteiger partial charge in [0.25, 0.3) is 0 Å². The molecule has 3 rings (SSSR count). The lowest BCUT2D eigenvalue weighted by atomic mass is 10.1. The van der Waals surface area contributed by atoms with Crippen LogP contribution in [0.3, 0.4) is 0 Å². The molecule has 1 aromatic heterocycles. The van der Waals surface area contributed by atoms with Gasteiger partial charge in [0.2, 0.25) is 0 Å². The number of aromatic amines is 1. The van der Waals surface area contributed by atoms with Crippen LogP contribution < -0.4 is 0 Å². The van der Waals surface area contributed by atoms with Gasteiger partial charge in [0.05, 0.1) is 32.0 Å². The van der Waals surface area contributed by atoms with E-state index >= 15 is 0 Å². The summed E-state index contributed by atoms with van der Waals surface area (Å²) in [6.45, 7) is 0. The summed E-state index contributed by atoms with van der Waals surface area (Å²) in [5.41, 5.74) is 2.71. The molecule has 112 valence electrons. The summed E-state index contributed by atoms with van der Waals surface area (Å²) in [5, 5.41) is 2.12. The Labute approximate surface area is 148 Å². The molecule has 0 saturated heterocycles. The summed E-state index contributed by atoms with van der Waals surface area (Å²) in [5.74, 6) is 0.797. The second kappa shape index (κ2) is 6.51. The van der Waals surface area contributed by atoms with Gasteiger partial charge in [-0.15, -0.1) is 0 Å². The number of imidazole rings is 1.